The van der Waals surface area contributed by atoms with Crippen molar-refractivity contribution in [3.05, 3.63) is 84.1 Å². The third-order valence-corrected chi connectivity index (χ3v) is 16.1. The van der Waals surface area contributed by atoms with E-state index in [2.05, 4.69) is 67.8 Å². The summed E-state index contributed by atoms with van der Waals surface area (Å²) in [5, 5.41) is 44.9. The summed E-state index contributed by atoms with van der Waals surface area (Å²) in [6.07, 6.45) is 1.72. The zero-order valence-electron chi connectivity index (χ0n) is 55.6. The number of phenols is 1. The molecule has 4 heterocycles. The number of hydrogen-bond acceptors (Lipinski definition) is 18. The molecule has 2 aliphatic heterocycles. The Labute approximate surface area is 560 Å². The highest BCUT2D eigenvalue weighted by Gasteiger charge is 2.40. The molecule has 17 N–H and O–H groups in total. The van der Waals surface area contributed by atoms with Gasteiger partial charge in [0.2, 0.25) is 59.1 Å². The first-order valence-corrected chi connectivity index (χ1v) is 32.5. The summed E-state index contributed by atoms with van der Waals surface area (Å²) in [4.78, 5) is 184. The van der Waals surface area contributed by atoms with E-state index < -0.39 is 132 Å². The van der Waals surface area contributed by atoms with E-state index in [0.29, 0.717) is 47.1 Å². The summed E-state index contributed by atoms with van der Waals surface area (Å²) in [6, 6.07) is 0.334. The Balaban J connectivity index is 1.32. The van der Waals surface area contributed by atoms with E-state index >= 15 is 14.4 Å². The van der Waals surface area contributed by atoms with Gasteiger partial charge in [-0.3, -0.25) is 52.9 Å². The third-order valence-electron chi connectivity index (χ3n) is 16.1. The molecule has 0 unspecified atom stereocenters. The number of amides is 10. The molecule has 0 radical (unpaired) electrons. The quantitative estimate of drug-likeness (QED) is 0.0106. The largest absolute Gasteiger partial charge is 0.508 e. The average Bonchev–Trinajstić information content (AvgIpc) is 1.80. The SMILES string of the molecule is CCNC(=O)[C@@H]1CCCN1C(=O)[C@H](CCCN=C(N)N)NC(=O)[C@H](CC(C)C)NC(=O)[C@@H](CC(C)C)NC(=O)[C@H](Cc1ccc(O)cc1)NC(=O)[C@H](COC(=O)[C@@H](C)OC(=O)[C@@H](C)O)NC(=O)[C@H](Cc1c[nH]c2ccccc12)NC(=O)[C@H](Cc1cnc[nH]1)NC(=O)[C@@H]1CCC(=O)N1. The molecule has 0 saturated carbocycles. The van der Waals surface area contributed by atoms with E-state index in [1.165, 1.54) is 41.7 Å². The maximum Gasteiger partial charge on any atom is 0.347 e. The highest BCUT2D eigenvalue weighted by molar-refractivity contribution is 6.00. The summed E-state index contributed by atoms with van der Waals surface area (Å²) in [7, 11) is 0. The van der Waals surface area contributed by atoms with Crippen LogP contribution in [0.3, 0.4) is 0 Å². The van der Waals surface area contributed by atoms with Crippen LogP contribution < -0.4 is 59.3 Å². The fraction of sp³-hybridized carbons (Fsp3) is 0.538. The van der Waals surface area contributed by atoms with Gasteiger partial charge in [0, 0.05) is 74.3 Å². The van der Waals surface area contributed by atoms with Crippen molar-refractivity contribution < 1.29 is 77.2 Å². The summed E-state index contributed by atoms with van der Waals surface area (Å²) >= 11 is 0. The number of nitrogens with zero attached hydrogens (tertiary/aromatic N) is 3. The molecular weight excluding hydrogens is 1260 g/mol. The molecule has 528 valence electrons. The number of imidazole rings is 1. The number of aliphatic imine (C=N–C) groups is 1. The predicted octanol–water partition coefficient (Wildman–Crippen LogP) is -1.57. The number of fused-ring (bicyclic) bond motifs is 1. The van der Waals surface area contributed by atoms with Crippen LogP contribution in [-0.2, 0) is 86.3 Å². The molecule has 2 aromatic heterocycles. The first-order chi connectivity index (χ1) is 46.1. The number of rotatable bonds is 36. The number of guanidine groups is 1. The molecule has 6 rings (SSSR count). The molecule has 0 bridgehead atoms. The van der Waals surface area contributed by atoms with E-state index in [4.69, 9.17) is 20.9 Å². The second kappa shape index (κ2) is 36.7. The maximum atomic E-state index is 15.1. The van der Waals surface area contributed by atoms with Gasteiger partial charge in [-0.05, 0) is 107 Å². The monoisotopic (exact) mass is 1350 g/mol. The van der Waals surface area contributed by atoms with Gasteiger partial charge in [0.25, 0.3) is 0 Å². The number of H-pyrrole nitrogens is 2. The lowest BCUT2D eigenvalue weighted by molar-refractivity contribution is -0.172. The van der Waals surface area contributed by atoms with Crippen LogP contribution in [-0.4, -0.2) is 200 Å². The lowest BCUT2D eigenvalue weighted by Crippen LogP contribution is -2.62. The number of hydrogen-bond donors (Lipinski definition) is 15. The van der Waals surface area contributed by atoms with Crippen LogP contribution in [0, 0.1) is 11.8 Å². The maximum absolute atomic E-state index is 15.1. The van der Waals surface area contributed by atoms with Gasteiger partial charge in [-0.25, -0.2) is 14.6 Å². The molecular formula is C65H92N16O16. The molecule has 0 spiro atoms. The number of likely N-dealkylation sites (N-methyl/N-ethyl adjacent to an activating group) is 1. The van der Waals surface area contributed by atoms with Crippen LogP contribution in [0.4, 0.5) is 0 Å². The van der Waals surface area contributed by atoms with Crippen molar-refractivity contribution in [3.8, 4) is 5.75 Å². The number of phenolic OH excluding ortho intramolecular Hbond substituents is 1. The molecule has 2 fully saturated rings. The van der Waals surface area contributed by atoms with Crippen molar-refractivity contribution in [1.82, 2.24) is 67.7 Å². The zero-order chi connectivity index (χ0) is 71.0. The molecule has 0 aliphatic carbocycles. The van der Waals surface area contributed by atoms with Gasteiger partial charge in [-0.1, -0.05) is 58.0 Å². The molecule has 32 nitrogen and oxygen atoms in total. The van der Waals surface area contributed by atoms with Gasteiger partial charge in [0.15, 0.2) is 12.1 Å². The molecule has 97 heavy (non-hydrogen) atoms. The standard InChI is InChI=1S/C65H92N16O16/c1-8-69-61(92)52-16-12-24-81(52)62(93)45(15-11-23-70-65(66)67)74-55(86)46(25-34(2)3)75-56(87)47(26-35(4)5)76-57(88)48(27-38-17-19-41(83)20-18-38)77-60(91)51(32-96-64(95)37(7)97-63(94)36(6)82)80-58(89)49(28-39-30-71-43-14-10-9-13-42(39)43)78-59(90)50(29-40-31-68-33-72-40)79-54(85)44-21-22-53(84)73-44/h9-10,13-14,17-20,30-31,33-37,44-52,71,82-83H,8,11-12,15-16,21-29,32H2,1-7H3,(H,68,72)(H,69,92)(H,73,84)(H,74,86)(H,75,87)(H,76,88)(H,77,91)(H,78,90)(H,79,85)(H,80,89)(H4,66,67,70)/t36-,37-,44+,45+,46+,47-,48+,49+,50+,51+,52+/m1/s1. The Kier molecular flexibility index (Phi) is 28.7. The molecule has 2 aromatic carbocycles. The Morgan fingerprint density at radius 2 is 1.27 bits per heavy atom. The molecule has 32 heteroatoms. The van der Waals surface area contributed by atoms with Crippen LogP contribution in [0.1, 0.15) is 117 Å². The van der Waals surface area contributed by atoms with Gasteiger partial charge in [0.1, 0.15) is 72.8 Å². The van der Waals surface area contributed by atoms with Crippen LogP contribution >= 0.6 is 0 Å². The first kappa shape index (κ1) is 75.9. The number of esters is 2. The van der Waals surface area contributed by atoms with Gasteiger partial charge in [-0.2, -0.15) is 0 Å². The van der Waals surface area contributed by atoms with Gasteiger partial charge in [-0.15, -0.1) is 0 Å². The number of nitrogens with one attached hydrogen (secondary N) is 11. The minimum absolute atomic E-state index is 0.0326. The molecule has 11 atom stereocenters. The lowest BCUT2D eigenvalue weighted by atomic mass is 9.98. The fourth-order valence-electron chi connectivity index (χ4n) is 11.1. The van der Waals surface area contributed by atoms with E-state index in [1.807, 2.05) is 13.8 Å². The van der Waals surface area contributed by atoms with Crippen molar-refractivity contribution in [2.75, 3.05) is 26.2 Å². The Morgan fingerprint density at radius 3 is 1.85 bits per heavy atom. The van der Waals surface area contributed by atoms with E-state index in [1.54, 1.807) is 51.2 Å². The average molecular weight is 1350 g/mol. The minimum Gasteiger partial charge on any atom is -0.508 e. The second-order valence-corrected chi connectivity index (χ2v) is 25.0. The Hall–Kier alpha value is -10.1. The number of aromatic hydroxyl groups is 1. The summed E-state index contributed by atoms with van der Waals surface area (Å²) < 4.78 is 10.5. The highest BCUT2D eigenvalue weighted by Crippen LogP contribution is 2.23. The smallest absolute Gasteiger partial charge is 0.347 e. The normalized spacial score (nSPS) is 17.1. The third kappa shape index (κ3) is 23.3. The minimum atomic E-state index is -1.96. The van der Waals surface area contributed by atoms with Crippen molar-refractivity contribution in [1.29, 1.82) is 0 Å². The van der Waals surface area contributed by atoms with Crippen LogP contribution in [0.25, 0.3) is 10.9 Å². The van der Waals surface area contributed by atoms with E-state index in [0.717, 1.165) is 13.8 Å². The summed E-state index contributed by atoms with van der Waals surface area (Å²) in [6.45, 7) is 10.8. The van der Waals surface area contributed by atoms with Gasteiger partial charge in [0.05, 0.1) is 6.33 Å². The fourth-order valence-corrected chi connectivity index (χ4v) is 11.1. The van der Waals surface area contributed by atoms with Crippen molar-refractivity contribution in [2.24, 2.45) is 28.3 Å². The summed E-state index contributed by atoms with van der Waals surface area (Å²) in [5.74, 6) is -10.9. The van der Waals surface area contributed by atoms with Crippen LogP contribution in [0.15, 0.2) is 72.2 Å². The van der Waals surface area contributed by atoms with Crippen LogP contribution in [0.5, 0.6) is 5.75 Å². The first-order valence-electron chi connectivity index (χ1n) is 32.5. The number of benzene rings is 2. The van der Waals surface area contributed by atoms with E-state index in [9.17, 15) is 53.4 Å². The number of aromatic amines is 2. The van der Waals surface area contributed by atoms with Gasteiger partial charge < -0.3 is 93.9 Å². The van der Waals surface area contributed by atoms with Gasteiger partial charge >= 0.3 is 11.9 Å². The van der Waals surface area contributed by atoms with Crippen molar-refractivity contribution in [3.63, 3.8) is 0 Å². The second-order valence-electron chi connectivity index (χ2n) is 25.0. The number of aliphatic hydroxyl groups is 1. The number of para-hydroxylation sites is 1. The summed E-state index contributed by atoms with van der Waals surface area (Å²) in [5.41, 5.74) is 13.0. The highest BCUT2D eigenvalue weighted by atomic mass is 16.6. The Morgan fingerprint density at radius 1 is 0.691 bits per heavy atom. The number of carbonyl (C=O) groups is 12. The topological polar surface area (TPSA) is 484 Å². The molecule has 10 amide bonds. The number of nitrogens with two attached hydrogens (primary N) is 2. The predicted molar refractivity (Wildman–Crippen MR) is 351 cm³/mol. The van der Waals surface area contributed by atoms with Crippen molar-refractivity contribution in [2.45, 2.75) is 186 Å². The van der Waals surface area contributed by atoms with E-state index in [-0.39, 0.29) is 106 Å². The molecule has 2 saturated heterocycles. The number of likely N-dealkylation sites (tertiary alicyclic amines) is 1. The number of aliphatic hydroxyl groups excluding tert-OH is 1. The van der Waals surface area contributed by atoms with Crippen molar-refractivity contribution >= 4 is 87.9 Å². The lowest BCUT2D eigenvalue weighted by Gasteiger charge is -2.31. The Bertz CT molecular complexity index is 3430. The van der Waals surface area contributed by atoms with Crippen LogP contribution in [0.2, 0.25) is 0 Å². The number of carbonyl (C=O) groups excluding carboxylic acids is 12. The number of aromatic nitrogens is 3. The molecule has 4 aromatic rings. The zero-order valence-corrected chi connectivity index (χ0v) is 55.6. The number of ether oxygens (including phenoxy) is 2. The molecule has 2 aliphatic rings.